The van der Waals surface area contributed by atoms with Crippen molar-refractivity contribution in [2.45, 2.75) is 70.7 Å². The molecule has 0 saturated heterocycles. The lowest BCUT2D eigenvalue weighted by atomic mass is 9.77. The highest BCUT2D eigenvalue weighted by Crippen LogP contribution is 2.48. The minimum atomic E-state index is -1.07. The molecular weight excluding hydrogens is 414 g/mol. The molecular formula is C27H35N3O3. The fraction of sp³-hybridized carbons (Fsp3) is 0.481. The van der Waals surface area contributed by atoms with Gasteiger partial charge in [0, 0.05) is 24.5 Å². The first-order valence-electron chi connectivity index (χ1n) is 11.9. The molecule has 1 aromatic heterocycles. The number of imidazole rings is 1. The Hall–Kier alpha value is -2.70. The average molecular weight is 450 g/mol. The van der Waals surface area contributed by atoms with Gasteiger partial charge in [0.2, 0.25) is 0 Å². The van der Waals surface area contributed by atoms with Gasteiger partial charge in [-0.2, -0.15) is 0 Å². The second-order valence-corrected chi connectivity index (χ2v) is 9.89. The third kappa shape index (κ3) is 4.30. The van der Waals surface area contributed by atoms with E-state index in [1.165, 1.54) is 5.56 Å². The highest BCUT2D eigenvalue weighted by molar-refractivity contribution is 5.84. The van der Waals surface area contributed by atoms with E-state index in [4.69, 9.17) is 0 Å². The molecule has 0 bridgehead atoms. The van der Waals surface area contributed by atoms with Crippen LogP contribution in [0.5, 0.6) is 0 Å². The van der Waals surface area contributed by atoms with Gasteiger partial charge in [-0.15, -0.1) is 0 Å². The Kier molecular flexibility index (Phi) is 6.59. The van der Waals surface area contributed by atoms with Crippen LogP contribution in [0.1, 0.15) is 69.7 Å². The lowest BCUT2D eigenvalue weighted by molar-refractivity contribution is -0.156. The van der Waals surface area contributed by atoms with Gasteiger partial charge in [0.15, 0.2) is 0 Å². The molecule has 0 aliphatic heterocycles. The van der Waals surface area contributed by atoms with Crippen LogP contribution in [0, 0.1) is 5.41 Å². The summed E-state index contributed by atoms with van der Waals surface area (Å²) in [6.45, 7) is 6.63. The van der Waals surface area contributed by atoms with Gasteiger partial charge in [0.25, 0.3) is 0 Å². The number of aliphatic carboxylic acids is 1. The molecule has 2 N–H and O–H groups in total. The van der Waals surface area contributed by atoms with Crippen molar-refractivity contribution < 1.29 is 15.0 Å². The van der Waals surface area contributed by atoms with Gasteiger partial charge in [-0.05, 0) is 74.7 Å². The van der Waals surface area contributed by atoms with Crippen molar-refractivity contribution in [2.75, 3.05) is 7.05 Å². The maximum Gasteiger partial charge on any atom is 0.312 e. The Morgan fingerprint density at radius 2 is 1.67 bits per heavy atom. The molecule has 0 amide bonds. The quantitative estimate of drug-likeness (QED) is 0.504. The van der Waals surface area contributed by atoms with Gasteiger partial charge in [0.05, 0.1) is 23.9 Å². The van der Waals surface area contributed by atoms with Gasteiger partial charge in [-0.3, -0.25) is 9.69 Å². The largest absolute Gasteiger partial charge is 0.481 e. The molecule has 3 atom stereocenters. The number of carbonyl (C=O) groups is 1. The average Bonchev–Trinajstić information content (AvgIpc) is 3.51. The number of carboxylic acids is 1. The summed E-state index contributed by atoms with van der Waals surface area (Å²) in [6, 6.07) is 13.0. The molecule has 6 nitrogen and oxygen atoms in total. The molecule has 2 aromatic carbocycles. The van der Waals surface area contributed by atoms with Crippen LogP contribution in [0.15, 0.2) is 55.1 Å². The molecule has 6 heteroatoms. The van der Waals surface area contributed by atoms with Crippen LogP contribution in [0.3, 0.4) is 0 Å². The minimum absolute atomic E-state index is 0.100. The minimum Gasteiger partial charge on any atom is -0.481 e. The number of hydrogen-bond donors (Lipinski definition) is 2. The second kappa shape index (κ2) is 9.27. The van der Waals surface area contributed by atoms with Crippen LogP contribution in [0.2, 0.25) is 0 Å². The maximum atomic E-state index is 12.0. The molecule has 3 aromatic rings. The number of likely N-dealkylation sites (N-methyl/N-ethyl adjacent to an activating group) is 1. The van der Waals surface area contributed by atoms with Crippen LogP contribution >= 0.6 is 0 Å². The predicted molar refractivity (Wildman–Crippen MR) is 130 cm³/mol. The molecule has 1 aliphatic rings. The number of aromatic nitrogens is 2. The fourth-order valence-electron chi connectivity index (χ4n) is 5.39. The molecule has 33 heavy (non-hydrogen) atoms. The van der Waals surface area contributed by atoms with Crippen LogP contribution < -0.4 is 0 Å². The standard InChI is InChI=1S/C27H35N3O3/c1-18(2)29(4)19(3)24(30-14-13-28-17-30)22-9-7-21-16-23(10-8-20(21)15-22)25(31)27(26(32)33)11-5-6-12-27/h7-10,13-19,24-25,31H,5-6,11-12H2,1-4H3,(H,32,33). The molecule has 4 rings (SSSR count). The Balaban J connectivity index is 1.70. The predicted octanol–water partition coefficient (Wildman–Crippen LogP) is 5.03. The smallest absolute Gasteiger partial charge is 0.312 e. The molecule has 0 spiro atoms. The number of aliphatic hydroxyl groups is 1. The number of nitrogens with zero attached hydrogens (tertiary/aromatic N) is 3. The van der Waals surface area contributed by atoms with Crippen LogP contribution in [-0.4, -0.2) is 49.8 Å². The zero-order valence-electron chi connectivity index (χ0n) is 20.0. The topological polar surface area (TPSA) is 78.6 Å². The number of rotatable bonds is 8. The third-order valence-corrected chi connectivity index (χ3v) is 7.75. The lowest BCUT2D eigenvalue weighted by Crippen LogP contribution is -2.41. The Bertz CT molecular complexity index is 1100. The fourth-order valence-corrected chi connectivity index (χ4v) is 5.39. The SMILES string of the molecule is CC(C)N(C)C(C)C(c1ccc2cc(C(O)C3(C(=O)O)CCCC3)ccc2c1)n1ccnc1. The zero-order valence-corrected chi connectivity index (χ0v) is 20.0. The van der Waals surface area contributed by atoms with Gasteiger partial charge in [0.1, 0.15) is 0 Å². The third-order valence-electron chi connectivity index (χ3n) is 7.75. The van der Waals surface area contributed by atoms with E-state index in [1.807, 2.05) is 36.9 Å². The van der Waals surface area contributed by atoms with Crippen molar-refractivity contribution in [3.05, 3.63) is 66.2 Å². The van der Waals surface area contributed by atoms with Gasteiger partial charge < -0.3 is 14.8 Å². The molecule has 3 unspecified atom stereocenters. The summed E-state index contributed by atoms with van der Waals surface area (Å²) in [4.78, 5) is 18.7. The van der Waals surface area contributed by atoms with Crippen molar-refractivity contribution >= 4 is 16.7 Å². The van der Waals surface area contributed by atoms with Crippen molar-refractivity contribution in [1.29, 1.82) is 0 Å². The van der Waals surface area contributed by atoms with Crippen molar-refractivity contribution in [1.82, 2.24) is 14.5 Å². The van der Waals surface area contributed by atoms with Gasteiger partial charge in [-0.25, -0.2) is 4.98 Å². The number of fused-ring (bicyclic) bond motifs is 1. The molecule has 1 heterocycles. The first-order valence-corrected chi connectivity index (χ1v) is 11.9. The zero-order chi connectivity index (χ0) is 23.8. The van der Waals surface area contributed by atoms with Crippen molar-refractivity contribution in [2.24, 2.45) is 5.41 Å². The summed E-state index contributed by atoms with van der Waals surface area (Å²) in [5.41, 5.74) is 0.794. The van der Waals surface area contributed by atoms with Gasteiger partial charge >= 0.3 is 5.97 Å². The molecule has 1 fully saturated rings. The summed E-state index contributed by atoms with van der Waals surface area (Å²) < 4.78 is 2.15. The summed E-state index contributed by atoms with van der Waals surface area (Å²) in [5, 5.41) is 23.0. The Labute approximate surface area is 195 Å². The van der Waals surface area contributed by atoms with Crippen molar-refractivity contribution in [3.8, 4) is 0 Å². The first kappa shape index (κ1) is 23.5. The number of carboxylic acid groups (broad SMARTS) is 1. The van der Waals surface area contributed by atoms with E-state index in [0.29, 0.717) is 24.4 Å². The normalized spacial score (nSPS) is 18.6. The highest BCUT2D eigenvalue weighted by atomic mass is 16.4. The van der Waals surface area contributed by atoms with E-state index in [2.05, 4.69) is 60.5 Å². The highest BCUT2D eigenvalue weighted by Gasteiger charge is 2.48. The lowest BCUT2D eigenvalue weighted by Gasteiger charge is -2.35. The van der Waals surface area contributed by atoms with Crippen LogP contribution in [0.25, 0.3) is 10.8 Å². The summed E-state index contributed by atoms with van der Waals surface area (Å²) in [6.07, 6.45) is 7.42. The molecule has 0 radical (unpaired) electrons. The van der Waals surface area contributed by atoms with Crippen LogP contribution in [0.4, 0.5) is 0 Å². The van der Waals surface area contributed by atoms with E-state index in [-0.39, 0.29) is 12.1 Å². The van der Waals surface area contributed by atoms with Gasteiger partial charge in [-0.1, -0.05) is 37.1 Å². The summed E-state index contributed by atoms with van der Waals surface area (Å²) in [5.74, 6) is -0.894. The molecule has 1 aliphatic carbocycles. The van der Waals surface area contributed by atoms with E-state index >= 15 is 0 Å². The number of hydrogen-bond acceptors (Lipinski definition) is 4. The van der Waals surface area contributed by atoms with Crippen LogP contribution in [-0.2, 0) is 4.79 Å². The summed E-state index contributed by atoms with van der Waals surface area (Å²) >= 11 is 0. The van der Waals surface area contributed by atoms with E-state index in [0.717, 1.165) is 23.6 Å². The molecule has 1 saturated carbocycles. The van der Waals surface area contributed by atoms with E-state index in [9.17, 15) is 15.0 Å². The van der Waals surface area contributed by atoms with E-state index in [1.54, 1.807) is 0 Å². The Morgan fingerprint density at radius 1 is 1.06 bits per heavy atom. The van der Waals surface area contributed by atoms with Crippen molar-refractivity contribution in [3.63, 3.8) is 0 Å². The summed E-state index contributed by atoms with van der Waals surface area (Å²) in [7, 11) is 2.15. The monoisotopic (exact) mass is 449 g/mol. The maximum absolute atomic E-state index is 12.0. The number of aliphatic hydroxyl groups excluding tert-OH is 1. The second-order valence-electron chi connectivity index (χ2n) is 9.89. The Morgan fingerprint density at radius 3 is 2.21 bits per heavy atom. The first-order chi connectivity index (χ1) is 15.7. The van der Waals surface area contributed by atoms with E-state index < -0.39 is 17.5 Å². The molecule has 176 valence electrons. The number of benzene rings is 2.